The predicted molar refractivity (Wildman–Crippen MR) is 68.9 cm³/mol. The summed E-state index contributed by atoms with van der Waals surface area (Å²) >= 11 is 0. The molecule has 1 saturated heterocycles. The third kappa shape index (κ3) is 2.89. The normalized spacial score (nSPS) is 25.8. The zero-order chi connectivity index (χ0) is 14.0. The molecule has 112 valence electrons. The summed E-state index contributed by atoms with van der Waals surface area (Å²) in [6.07, 6.45) is 1.61. The Labute approximate surface area is 113 Å². The minimum absolute atomic E-state index is 0.248. The molecule has 0 aromatic carbocycles. The van der Waals surface area contributed by atoms with Crippen molar-refractivity contribution in [1.82, 2.24) is 0 Å². The van der Waals surface area contributed by atoms with E-state index in [-0.39, 0.29) is 13.2 Å². The summed E-state index contributed by atoms with van der Waals surface area (Å²) in [4.78, 5) is 0. The molecule has 1 heterocycles. The molecule has 1 N–H and O–H groups in total. The van der Waals surface area contributed by atoms with Gasteiger partial charge in [-0.1, -0.05) is 0 Å². The van der Waals surface area contributed by atoms with Crippen molar-refractivity contribution >= 4 is 7.60 Å². The highest BCUT2D eigenvalue weighted by molar-refractivity contribution is 7.55. The molecule has 1 aliphatic carbocycles. The van der Waals surface area contributed by atoms with Gasteiger partial charge in [-0.2, -0.15) is 0 Å². The van der Waals surface area contributed by atoms with Crippen LogP contribution in [0.5, 0.6) is 0 Å². The number of hydrogen-bond donors (Lipinski definition) is 1. The van der Waals surface area contributed by atoms with Crippen LogP contribution in [0.2, 0.25) is 0 Å². The van der Waals surface area contributed by atoms with Crippen LogP contribution < -0.4 is 0 Å². The highest BCUT2D eigenvalue weighted by Crippen LogP contribution is 2.64. The van der Waals surface area contributed by atoms with Crippen LogP contribution in [0.4, 0.5) is 0 Å². The molecule has 1 spiro atoms. The van der Waals surface area contributed by atoms with Crippen LogP contribution in [0.25, 0.3) is 0 Å². The fourth-order valence-corrected chi connectivity index (χ4v) is 4.71. The van der Waals surface area contributed by atoms with Gasteiger partial charge in [0.2, 0.25) is 0 Å². The van der Waals surface area contributed by atoms with Gasteiger partial charge >= 0.3 is 7.60 Å². The molecular formula is C12H23O6P. The van der Waals surface area contributed by atoms with Crippen molar-refractivity contribution in [2.24, 2.45) is 0 Å². The molecule has 19 heavy (non-hydrogen) atoms. The van der Waals surface area contributed by atoms with Crippen molar-refractivity contribution in [2.75, 3.05) is 26.4 Å². The monoisotopic (exact) mass is 294 g/mol. The van der Waals surface area contributed by atoms with Crippen molar-refractivity contribution < 1.29 is 28.2 Å². The molecular weight excluding hydrogens is 271 g/mol. The van der Waals surface area contributed by atoms with Crippen molar-refractivity contribution in [3.8, 4) is 0 Å². The molecule has 2 fully saturated rings. The van der Waals surface area contributed by atoms with E-state index in [2.05, 4.69) is 0 Å². The van der Waals surface area contributed by atoms with E-state index in [1.807, 2.05) is 0 Å². The Balaban J connectivity index is 2.08. The topological polar surface area (TPSA) is 74.2 Å². The first kappa shape index (κ1) is 15.4. The molecule has 1 saturated carbocycles. The Kier molecular flexibility index (Phi) is 4.71. The molecule has 0 unspecified atom stereocenters. The van der Waals surface area contributed by atoms with Crippen molar-refractivity contribution in [1.29, 1.82) is 0 Å². The van der Waals surface area contributed by atoms with Gasteiger partial charge in [0, 0.05) is 12.8 Å². The summed E-state index contributed by atoms with van der Waals surface area (Å²) in [6.45, 7) is 5.13. The first-order valence-corrected chi connectivity index (χ1v) is 8.43. The number of aliphatic hydroxyl groups is 1. The first-order chi connectivity index (χ1) is 8.99. The van der Waals surface area contributed by atoms with Crippen LogP contribution >= 0.6 is 7.60 Å². The van der Waals surface area contributed by atoms with Gasteiger partial charge in [-0.3, -0.25) is 4.57 Å². The second-order valence-electron chi connectivity index (χ2n) is 4.92. The number of rotatable bonds is 5. The van der Waals surface area contributed by atoms with Gasteiger partial charge in [-0.25, -0.2) is 0 Å². The highest BCUT2D eigenvalue weighted by Gasteiger charge is 2.55. The van der Waals surface area contributed by atoms with E-state index < -0.39 is 18.7 Å². The summed E-state index contributed by atoms with van der Waals surface area (Å²) in [7, 11) is -3.52. The highest BCUT2D eigenvalue weighted by atomic mass is 31.2. The third-order valence-corrected chi connectivity index (χ3v) is 6.40. The van der Waals surface area contributed by atoms with Gasteiger partial charge in [-0.15, -0.1) is 0 Å². The van der Waals surface area contributed by atoms with E-state index in [0.29, 0.717) is 38.9 Å². The second-order valence-corrected chi connectivity index (χ2v) is 7.27. The maximum Gasteiger partial charge on any atom is 0.361 e. The van der Waals surface area contributed by atoms with Crippen LogP contribution in [-0.2, 0) is 23.1 Å². The van der Waals surface area contributed by atoms with Gasteiger partial charge < -0.3 is 23.6 Å². The quantitative estimate of drug-likeness (QED) is 0.784. The van der Waals surface area contributed by atoms with Gasteiger partial charge in [0.05, 0.1) is 26.4 Å². The standard InChI is InChI=1S/C12H23O6P/c1-3-17-19(14,18-4-2)11(13)5-7-12(8-6-11)15-9-10-16-12/h13H,3-10H2,1-2H3. The lowest BCUT2D eigenvalue weighted by atomic mass is 9.91. The van der Waals surface area contributed by atoms with Crippen molar-refractivity contribution in [2.45, 2.75) is 50.7 Å². The largest absolute Gasteiger partial charge is 0.377 e. The smallest absolute Gasteiger partial charge is 0.361 e. The van der Waals surface area contributed by atoms with Crippen LogP contribution in [0.1, 0.15) is 39.5 Å². The van der Waals surface area contributed by atoms with Crippen molar-refractivity contribution in [3.05, 3.63) is 0 Å². The maximum absolute atomic E-state index is 12.7. The number of ether oxygens (including phenoxy) is 2. The second kappa shape index (κ2) is 5.80. The molecule has 2 aliphatic rings. The molecule has 0 radical (unpaired) electrons. The van der Waals surface area contributed by atoms with Gasteiger partial charge in [0.15, 0.2) is 11.1 Å². The summed E-state index contributed by atoms with van der Waals surface area (Å²) in [5, 5.41) is 9.24. The fourth-order valence-electron chi connectivity index (χ4n) is 2.71. The zero-order valence-corrected chi connectivity index (χ0v) is 12.5. The van der Waals surface area contributed by atoms with E-state index in [0.717, 1.165) is 0 Å². The molecule has 0 bridgehead atoms. The lowest BCUT2D eigenvalue weighted by molar-refractivity contribution is -0.194. The average molecular weight is 294 g/mol. The fraction of sp³-hybridized carbons (Fsp3) is 1.00. The molecule has 0 amide bonds. The van der Waals surface area contributed by atoms with Gasteiger partial charge in [0.1, 0.15) is 0 Å². The molecule has 6 nitrogen and oxygen atoms in total. The summed E-state index contributed by atoms with van der Waals surface area (Å²) < 4.78 is 34.5. The zero-order valence-electron chi connectivity index (χ0n) is 11.6. The SMILES string of the molecule is CCOP(=O)(OCC)C1(O)CCC2(CC1)OCCO2. The Morgan fingerprint density at radius 1 is 1.05 bits per heavy atom. The van der Waals surface area contributed by atoms with Gasteiger partial charge in [-0.05, 0) is 26.7 Å². The Hall–Kier alpha value is 0.0300. The molecule has 0 aromatic heterocycles. The molecule has 7 heteroatoms. The van der Waals surface area contributed by atoms with E-state index in [1.165, 1.54) is 0 Å². The molecule has 0 atom stereocenters. The summed E-state index contributed by atoms with van der Waals surface area (Å²) in [6, 6.07) is 0. The van der Waals surface area contributed by atoms with E-state index in [1.54, 1.807) is 13.8 Å². The van der Waals surface area contributed by atoms with Crippen LogP contribution in [0.3, 0.4) is 0 Å². The molecule has 1 aliphatic heterocycles. The predicted octanol–water partition coefficient (Wildman–Crippen LogP) is 2.26. The molecule has 0 aromatic rings. The Bertz CT molecular complexity index is 332. The van der Waals surface area contributed by atoms with E-state index >= 15 is 0 Å². The lowest BCUT2D eigenvalue weighted by Crippen LogP contribution is -2.44. The minimum Gasteiger partial charge on any atom is -0.377 e. The third-order valence-electron chi connectivity index (χ3n) is 3.73. The van der Waals surface area contributed by atoms with Crippen LogP contribution in [-0.4, -0.2) is 42.7 Å². The van der Waals surface area contributed by atoms with Crippen LogP contribution in [0, 0.1) is 0 Å². The Morgan fingerprint density at radius 2 is 1.53 bits per heavy atom. The summed E-state index contributed by atoms with van der Waals surface area (Å²) in [5.41, 5.74) is 0. The Morgan fingerprint density at radius 3 is 1.95 bits per heavy atom. The van der Waals surface area contributed by atoms with E-state index in [4.69, 9.17) is 18.5 Å². The van der Waals surface area contributed by atoms with Crippen molar-refractivity contribution in [3.63, 3.8) is 0 Å². The minimum atomic E-state index is -3.52. The number of hydrogen-bond acceptors (Lipinski definition) is 6. The summed E-state index contributed by atoms with van der Waals surface area (Å²) in [5.74, 6) is -0.602. The lowest BCUT2D eigenvalue weighted by Gasteiger charge is -2.42. The van der Waals surface area contributed by atoms with E-state index in [9.17, 15) is 9.67 Å². The first-order valence-electron chi connectivity index (χ1n) is 6.89. The van der Waals surface area contributed by atoms with Gasteiger partial charge in [0.25, 0.3) is 0 Å². The maximum atomic E-state index is 12.7. The molecule has 2 rings (SSSR count). The van der Waals surface area contributed by atoms with Crippen LogP contribution in [0.15, 0.2) is 0 Å². The average Bonchev–Trinajstić information content (AvgIpc) is 2.83.